The van der Waals surface area contributed by atoms with E-state index < -0.39 is 0 Å². The van der Waals surface area contributed by atoms with E-state index in [4.69, 9.17) is 0 Å². The quantitative estimate of drug-likeness (QED) is 0.316. The van der Waals surface area contributed by atoms with Crippen molar-refractivity contribution in [2.75, 3.05) is 69.2 Å². The van der Waals surface area contributed by atoms with Crippen LogP contribution in [0.5, 0.6) is 0 Å². The Morgan fingerprint density at radius 2 is 1.82 bits per heavy atom. The molecule has 1 aromatic heterocycles. The van der Waals surface area contributed by atoms with Crippen LogP contribution in [0.25, 0.3) is 0 Å². The minimum absolute atomic E-state index is 0. The summed E-state index contributed by atoms with van der Waals surface area (Å²) < 4.78 is 27.1. The van der Waals surface area contributed by atoms with Crippen molar-refractivity contribution in [3.05, 3.63) is 54.2 Å². The maximum absolute atomic E-state index is 14.0. The second-order valence-electron chi connectivity index (χ2n) is 8.19. The fourth-order valence-corrected chi connectivity index (χ4v) is 4.28. The Labute approximate surface area is 211 Å². The number of hydrogen-bond donors (Lipinski definition) is 2. The van der Waals surface area contributed by atoms with Gasteiger partial charge in [0, 0.05) is 77.3 Å². The number of nitrogens with zero attached hydrogens (tertiary/aromatic N) is 5. The summed E-state index contributed by atoms with van der Waals surface area (Å²) in [6.45, 7) is 6.98. The summed E-state index contributed by atoms with van der Waals surface area (Å²) in [6.07, 6.45) is 2.53. The van der Waals surface area contributed by atoms with Gasteiger partial charge in [-0.1, -0.05) is 0 Å². The van der Waals surface area contributed by atoms with Gasteiger partial charge in [0.25, 0.3) is 0 Å². The van der Waals surface area contributed by atoms with Crippen molar-refractivity contribution in [2.45, 2.75) is 12.5 Å². The van der Waals surface area contributed by atoms with E-state index in [2.05, 4.69) is 30.4 Å². The van der Waals surface area contributed by atoms with E-state index in [9.17, 15) is 8.78 Å². The minimum Gasteiger partial charge on any atom is -0.369 e. The lowest BCUT2D eigenvalue weighted by atomic mass is 10.2. The number of pyridine rings is 1. The number of halogens is 3. The molecule has 2 N–H and O–H groups in total. The fourth-order valence-electron chi connectivity index (χ4n) is 4.28. The number of benzene rings is 1. The van der Waals surface area contributed by atoms with Crippen LogP contribution in [0.3, 0.4) is 0 Å². The largest absolute Gasteiger partial charge is 0.369 e. The Balaban J connectivity index is 0.00000306. The van der Waals surface area contributed by atoms with Gasteiger partial charge in [0.2, 0.25) is 0 Å². The smallest absolute Gasteiger partial charge is 0.191 e. The first-order chi connectivity index (χ1) is 15.6. The molecule has 2 fully saturated rings. The SMILES string of the molecule is CN=C(NCCN1CCN(c2ccc(F)cc2)CC1)NC1CCN(c2ncccc2F)C1.I. The molecule has 10 heteroatoms. The number of guanidine groups is 1. The van der Waals surface area contributed by atoms with Gasteiger partial charge >= 0.3 is 0 Å². The Hall–Kier alpha value is -2.21. The van der Waals surface area contributed by atoms with E-state index in [0.717, 1.165) is 63.9 Å². The zero-order valence-electron chi connectivity index (χ0n) is 18.9. The summed E-state index contributed by atoms with van der Waals surface area (Å²) in [5.41, 5.74) is 1.07. The van der Waals surface area contributed by atoms with Crippen molar-refractivity contribution in [3.8, 4) is 0 Å². The number of aliphatic imine (C=N–C) groups is 1. The summed E-state index contributed by atoms with van der Waals surface area (Å²) in [5.74, 6) is 0.702. The second-order valence-corrected chi connectivity index (χ2v) is 8.19. The van der Waals surface area contributed by atoms with Crippen LogP contribution >= 0.6 is 24.0 Å². The van der Waals surface area contributed by atoms with Gasteiger partial charge in [-0.25, -0.2) is 13.8 Å². The molecule has 4 rings (SSSR count). The zero-order valence-corrected chi connectivity index (χ0v) is 21.2. The first-order valence-corrected chi connectivity index (χ1v) is 11.2. The van der Waals surface area contributed by atoms with E-state index in [-0.39, 0.29) is 41.7 Å². The summed E-state index contributed by atoms with van der Waals surface area (Å²) in [7, 11) is 1.77. The molecule has 0 amide bonds. The molecule has 2 aromatic rings. The number of nitrogens with one attached hydrogen (secondary N) is 2. The minimum atomic E-state index is -0.282. The van der Waals surface area contributed by atoms with Gasteiger partial charge in [0.15, 0.2) is 17.6 Å². The molecule has 0 bridgehead atoms. The summed E-state index contributed by atoms with van der Waals surface area (Å²) in [4.78, 5) is 15.2. The molecule has 180 valence electrons. The summed E-state index contributed by atoms with van der Waals surface area (Å²) in [5, 5.41) is 6.84. The highest BCUT2D eigenvalue weighted by molar-refractivity contribution is 14.0. The van der Waals surface area contributed by atoms with Crippen LogP contribution in [-0.2, 0) is 0 Å². The molecular formula is C23H32F2IN7. The molecule has 0 spiro atoms. The van der Waals surface area contributed by atoms with E-state index >= 15 is 0 Å². The third kappa shape index (κ3) is 6.89. The third-order valence-corrected chi connectivity index (χ3v) is 6.08. The number of anilines is 2. The number of aromatic nitrogens is 1. The van der Waals surface area contributed by atoms with Crippen molar-refractivity contribution >= 4 is 41.4 Å². The standard InChI is InChI=1S/C23H31F2N7.HI/c1-26-23(29-19-8-11-32(17-19)22-21(25)3-2-9-27-22)28-10-12-30-13-15-31(16-14-30)20-6-4-18(24)5-7-20;/h2-7,9,19H,8,10-17H2,1H3,(H2,26,28,29);1H. The van der Waals surface area contributed by atoms with Crippen LogP contribution in [0.15, 0.2) is 47.6 Å². The molecule has 7 nitrogen and oxygen atoms in total. The highest BCUT2D eigenvalue weighted by Crippen LogP contribution is 2.21. The molecule has 1 unspecified atom stereocenters. The Bertz CT molecular complexity index is 904. The Morgan fingerprint density at radius 1 is 1.06 bits per heavy atom. The monoisotopic (exact) mass is 571 g/mol. The molecule has 3 heterocycles. The maximum Gasteiger partial charge on any atom is 0.191 e. The average molecular weight is 571 g/mol. The van der Waals surface area contributed by atoms with Crippen LogP contribution in [0.2, 0.25) is 0 Å². The van der Waals surface area contributed by atoms with Crippen molar-refractivity contribution in [2.24, 2.45) is 4.99 Å². The lowest BCUT2D eigenvalue weighted by Crippen LogP contribution is -2.50. The van der Waals surface area contributed by atoms with Gasteiger partial charge in [-0.05, 0) is 42.8 Å². The molecule has 1 atom stereocenters. The number of piperazine rings is 1. The van der Waals surface area contributed by atoms with Gasteiger partial charge in [-0.3, -0.25) is 9.89 Å². The second kappa shape index (κ2) is 12.3. The maximum atomic E-state index is 14.0. The van der Waals surface area contributed by atoms with Crippen molar-refractivity contribution in [1.29, 1.82) is 0 Å². The Kier molecular flexibility index (Phi) is 9.48. The molecular weight excluding hydrogens is 539 g/mol. The molecule has 0 radical (unpaired) electrons. The summed E-state index contributed by atoms with van der Waals surface area (Å²) in [6, 6.07) is 9.97. The van der Waals surface area contributed by atoms with Gasteiger partial charge in [-0.2, -0.15) is 0 Å². The van der Waals surface area contributed by atoms with E-state index in [1.807, 2.05) is 17.0 Å². The van der Waals surface area contributed by atoms with E-state index in [1.54, 1.807) is 19.3 Å². The highest BCUT2D eigenvalue weighted by atomic mass is 127. The van der Waals surface area contributed by atoms with Crippen molar-refractivity contribution < 1.29 is 8.78 Å². The van der Waals surface area contributed by atoms with Crippen LogP contribution < -0.4 is 20.4 Å². The normalized spacial score (nSPS) is 19.4. The van der Waals surface area contributed by atoms with Gasteiger partial charge < -0.3 is 20.4 Å². The first kappa shape index (κ1) is 25.4. The lowest BCUT2D eigenvalue weighted by Gasteiger charge is -2.36. The highest BCUT2D eigenvalue weighted by Gasteiger charge is 2.26. The molecule has 2 aliphatic heterocycles. The van der Waals surface area contributed by atoms with Crippen LogP contribution in [0, 0.1) is 11.6 Å². The Morgan fingerprint density at radius 3 is 2.52 bits per heavy atom. The van der Waals surface area contributed by atoms with Gasteiger partial charge in [0.05, 0.1) is 0 Å². The van der Waals surface area contributed by atoms with Crippen LogP contribution in [0.4, 0.5) is 20.3 Å². The van der Waals surface area contributed by atoms with E-state index in [0.29, 0.717) is 12.4 Å². The molecule has 2 saturated heterocycles. The van der Waals surface area contributed by atoms with Crippen LogP contribution in [-0.4, -0.2) is 81.3 Å². The van der Waals surface area contributed by atoms with Gasteiger partial charge in [0.1, 0.15) is 5.82 Å². The van der Waals surface area contributed by atoms with Crippen molar-refractivity contribution in [3.63, 3.8) is 0 Å². The van der Waals surface area contributed by atoms with Crippen molar-refractivity contribution in [1.82, 2.24) is 20.5 Å². The summed E-state index contributed by atoms with van der Waals surface area (Å²) >= 11 is 0. The first-order valence-electron chi connectivity index (χ1n) is 11.2. The molecule has 1 aromatic carbocycles. The number of hydrogen-bond acceptors (Lipinski definition) is 5. The van der Waals surface area contributed by atoms with E-state index in [1.165, 1.54) is 18.2 Å². The van der Waals surface area contributed by atoms with Gasteiger partial charge in [-0.15, -0.1) is 24.0 Å². The predicted molar refractivity (Wildman–Crippen MR) is 140 cm³/mol. The number of rotatable bonds is 6. The average Bonchev–Trinajstić information content (AvgIpc) is 3.28. The van der Waals surface area contributed by atoms with Crippen LogP contribution in [0.1, 0.15) is 6.42 Å². The lowest BCUT2D eigenvalue weighted by molar-refractivity contribution is 0.261. The molecule has 33 heavy (non-hydrogen) atoms. The fraction of sp³-hybridized carbons (Fsp3) is 0.478. The molecule has 0 saturated carbocycles. The topological polar surface area (TPSA) is 59.0 Å². The zero-order chi connectivity index (χ0) is 22.3. The third-order valence-electron chi connectivity index (χ3n) is 6.08. The molecule has 0 aliphatic carbocycles. The predicted octanol–water partition coefficient (Wildman–Crippen LogP) is 2.54. The molecule has 2 aliphatic rings.